The zero-order valence-corrected chi connectivity index (χ0v) is 15.5. The van der Waals surface area contributed by atoms with Crippen molar-refractivity contribution in [2.75, 3.05) is 19.7 Å². The lowest BCUT2D eigenvalue weighted by Gasteiger charge is -2.36. The minimum Gasteiger partial charge on any atom is -0.390 e. The first-order chi connectivity index (χ1) is 11.3. The third-order valence-corrected chi connectivity index (χ3v) is 5.13. The molecule has 0 aromatic heterocycles. The van der Waals surface area contributed by atoms with Crippen molar-refractivity contribution >= 4 is 0 Å². The van der Waals surface area contributed by atoms with Gasteiger partial charge in [0, 0.05) is 6.42 Å². The molecule has 23 heavy (non-hydrogen) atoms. The van der Waals surface area contributed by atoms with Crippen molar-refractivity contribution in [2.24, 2.45) is 0 Å². The minimum absolute atomic E-state index is 0.266. The van der Waals surface area contributed by atoms with E-state index in [0.29, 0.717) is 6.17 Å². The normalized spacial score (nSPS) is 23.7. The van der Waals surface area contributed by atoms with Crippen molar-refractivity contribution in [3.05, 3.63) is 24.6 Å². The highest BCUT2D eigenvalue weighted by atomic mass is 16.3. The van der Waals surface area contributed by atoms with Crippen LogP contribution in [0.25, 0.3) is 0 Å². The monoisotopic (exact) mass is 323 g/mol. The first-order valence-corrected chi connectivity index (χ1v) is 9.85. The Kier molecular flexibility index (Phi) is 11.1. The van der Waals surface area contributed by atoms with Crippen molar-refractivity contribution in [3.63, 3.8) is 0 Å². The molecule has 134 valence electrons. The van der Waals surface area contributed by atoms with Gasteiger partial charge in [0.25, 0.3) is 0 Å². The quantitative estimate of drug-likeness (QED) is 0.276. The van der Waals surface area contributed by atoms with E-state index in [1.807, 2.05) is 0 Å². The SMILES string of the molecule is CCCC/C=C/CCCCCCCC1NC=C[N+]1(CC)CCO. The number of aliphatic hydroxyl groups is 1. The summed E-state index contributed by atoms with van der Waals surface area (Å²) in [5.41, 5.74) is 0. The average molecular weight is 324 g/mol. The first-order valence-electron chi connectivity index (χ1n) is 9.85. The fourth-order valence-electron chi connectivity index (χ4n) is 3.48. The van der Waals surface area contributed by atoms with E-state index in [4.69, 9.17) is 0 Å². The molecule has 3 heteroatoms. The molecule has 0 radical (unpaired) electrons. The summed E-state index contributed by atoms with van der Waals surface area (Å²) in [5.74, 6) is 0. The standard InChI is InChI=1S/C20H39N2O/c1-3-5-6-7-8-9-10-11-12-13-14-15-20-21-16-17-22(20,4-2)18-19-23/h7-8,16-17,20-21,23H,3-6,9-15,18-19H2,1-2H3/q+1/b8-7+. The Morgan fingerprint density at radius 3 is 2.39 bits per heavy atom. The van der Waals surface area contributed by atoms with Crippen LogP contribution in [0.1, 0.15) is 78.1 Å². The fourth-order valence-corrected chi connectivity index (χ4v) is 3.48. The Morgan fingerprint density at radius 2 is 1.70 bits per heavy atom. The average Bonchev–Trinajstić information content (AvgIpc) is 2.96. The third kappa shape index (κ3) is 7.54. The van der Waals surface area contributed by atoms with Crippen molar-refractivity contribution < 1.29 is 9.59 Å². The molecule has 1 aliphatic heterocycles. The molecule has 0 aliphatic carbocycles. The van der Waals surface area contributed by atoms with Crippen molar-refractivity contribution in [1.82, 2.24) is 5.32 Å². The van der Waals surface area contributed by atoms with Gasteiger partial charge >= 0.3 is 0 Å². The number of rotatable bonds is 14. The van der Waals surface area contributed by atoms with Crippen LogP contribution in [0.5, 0.6) is 0 Å². The third-order valence-electron chi connectivity index (χ3n) is 5.13. The Morgan fingerprint density at radius 1 is 1.00 bits per heavy atom. The molecule has 0 saturated carbocycles. The predicted molar refractivity (Wildman–Crippen MR) is 99.8 cm³/mol. The lowest BCUT2D eigenvalue weighted by Crippen LogP contribution is -2.54. The van der Waals surface area contributed by atoms with Gasteiger partial charge in [-0.2, -0.15) is 0 Å². The predicted octanol–water partition coefficient (Wildman–Crippen LogP) is 4.69. The lowest BCUT2D eigenvalue weighted by molar-refractivity contribution is -0.900. The number of hydrogen-bond donors (Lipinski definition) is 2. The zero-order valence-electron chi connectivity index (χ0n) is 15.5. The molecular formula is C20H39N2O+. The molecule has 0 aromatic carbocycles. The largest absolute Gasteiger partial charge is 0.390 e. The van der Waals surface area contributed by atoms with E-state index in [9.17, 15) is 5.11 Å². The van der Waals surface area contributed by atoms with Gasteiger partial charge < -0.3 is 10.4 Å². The molecule has 0 saturated heterocycles. The summed E-state index contributed by atoms with van der Waals surface area (Å²) < 4.78 is 0.902. The molecule has 1 heterocycles. The van der Waals surface area contributed by atoms with Crippen LogP contribution in [0.2, 0.25) is 0 Å². The smallest absolute Gasteiger partial charge is 0.166 e. The highest BCUT2D eigenvalue weighted by Crippen LogP contribution is 2.22. The number of aliphatic hydroxyl groups excluding tert-OH is 1. The first kappa shape index (κ1) is 20.2. The maximum atomic E-state index is 9.32. The molecule has 2 N–H and O–H groups in total. The summed E-state index contributed by atoms with van der Waals surface area (Å²) in [4.78, 5) is 0. The molecule has 0 amide bonds. The van der Waals surface area contributed by atoms with Gasteiger partial charge in [0.05, 0.1) is 19.4 Å². The second-order valence-electron chi connectivity index (χ2n) is 6.82. The van der Waals surface area contributed by atoms with Crippen LogP contribution >= 0.6 is 0 Å². The summed E-state index contributed by atoms with van der Waals surface area (Å²) in [7, 11) is 0. The van der Waals surface area contributed by atoms with E-state index in [-0.39, 0.29) is 6.61 Å². The minimum atomic E-state index is 0.266. The van der Waals surface area contributed by atoms with Crippen LogP contribution < -0.4 is 5.32 Å². The zero-order chi connectivity index (χ0) is 16.8. The number of likely N-dealkylation sites (N-methyl/N-ethyl adjacent to an activating group) is 1. The van der Waals surface area contributed by atoms with E-state index in [2.05, 4.69) is 43.7 Å². The number of allylic oxidation sites excluding steroid dienone is 2. The summed E-state index contributed by atoms with van der Waals surface area (Å²) >= 11 is 0. The second-order valence-corrected chi connectivity index (χ2v) is 6.82. The highest BCUT2D eigenvalue weighted by Gasteiger charge is 2.35. The van der Waals surface area contributed by atoms with Gasteiger partial charge in [-0.15, -0.1) is 0 Å². The van der Waals surface area contributed by atoms with Gasteiger partial charge in [0.2, 0.25) is 0 Å². The van der Waals surface area contributed by atoms with Crippen LogP contribution in [0.4, 0.5) is 0 Å². The summed E-state index contributed by atoms with van der Waals surface area (Å²) in [6, 6.07) is 0. The van der Waals surface area contributed by atoms with E-state index in [1.165, 1.54) is 64.2 Å². The molecule has 1 rings (SSSR count). The van der Waals surface area contributed by atoms with Gasteiger partial charge in [-0.3, -0.25) is 4.48 Å². The van der Waals surface area contributed by atoms with Gasteiger partial charge in [-0.25, -0.2) is 0 Å². The topological polar surface area (TPSA) is 32.3 Å². The molecular weight excluding hydrogens is 284 g/mol. The number of hydrogen-bond acceptors (Lipinski definition) is 2. The number of nitrogens with one attached hydrogen (secondary N) is 1. The molecule has 0 aromatic rings. The van der Waals surface area contributed by atoms with Crippen LogP contribution in [0.3, 0.4) is 0 Å². The van der Waals surface area contributed by atoms with Gasteiger partial charge in [-0.05, 0) is 32.6 Å². The van der Waals surface area contributed by atoms with Crippen LogP contribution in [0.15, 0.2) is 24.6 Å². The Hall–Kier alpha value is -0.800. The van der Waals surface area contributed by atoms with Crippen molar-refractivity contribution in [2.45, 2.75) is 84.2 Å². The molecule has 0 bridgehead atoms. The van der Waals surface area contributed by atoms with Crippen LogP contribution in [-0.2, 0) is 0 Å². The maximum Gasteiger partial charge on any atom is 0.166 e. The lowest BCUT2D eigenvalue weighted by atomic mass is 10.1. The second kappa shape index (κ2) is 12.6. The molecule has 0 fully saturated rings. The number of nitrogens with zero attached hydrogens (tertiary/aromatic N) is 1. The van der Waals surface area contributed by atoms with E-state index in [0.717, 1.165) is 17.6 Å². The Balaban J connectivity index is 2.03. The van der Waals surface area contributed by atoms with Crippen molar-refractivity contribution in [3.8, 4) is 0 Å². The molecule has 2 unspecified atom stereocenters. The van der Waals surface area contributed by atoms with Crippen LogP contribution in [-0.4, -0.2) is 35.5 Å². The van der Waals surface area contributed by atoms with E-state index < -0.39 is 0 Å². The summed E-state index contributed by atoms with van der Waals surface area (Å²) in [6.07, 6.45) is 22.5. The van der Waals surface area contributed by atoms with Gasteiger partial charge in [0.1, 0.15) is 12.7 Å². The fraction of sp³-hybridized carbons (Fsp3) is 0.800. The summed E-state index contributed by atoms with van der Waals surface area (Å²) in [6.45, 7) is 6.61. The van der Waals surface area contributed by atoms with Gasteiger partial charge in [0.15, 0.2) is 6.17 Å². The van der Waals surface area contributed by atoms with E-state index in [1.54, 1.807) is 0 Å². The molecule has 1 aliphatic rings. The van der Waals surface area contributed by atoms with E-state index >= 15 is 0 Å². The van der Waals surface area contributed by atoms with Gasteiger partial charge in [-0.1, -0.05) is 51.2 Å². The molecule has 0 spiro atoms. The summed E-state index contributed by atoms with van der Waals surface area (Å²) in [5, 5.41) is 12.8. The number of quaternary nitrogens is 1. The molecule has 2 atom stereocenters. The molecule has 3 nitrogen and oxygen atoms in total. The maximum absolute atomic E-state index is 9.32. The van der Waals surface area contributed by atoms with Crippen LogP contribution in [0, 0.1) is 0 Å². The Bertz CT molecular complexity index is 341. The highest BCUT2D eigenvalue weighted by molar-refractivity contribution is 4.84. The van der Waals surface area contributed by atoms with Crippen molar-refractivity contribution in [1.29, 1.82) is 0 Å². The Labute approximate surface area is 144 Å². The number of unbranched alkanes of at least 4 members (excludes halogenated alkanes) is 7.